The monoisotopic (exact) mass is 540 g/mol. The molecule has 3 aromatic carbocycles. The summed E-state index contributed by atoms with van der Waals surface area (Å²) in [5.74, 6) is 4.81. The molecule has 0 aliphatic rings. The Labute approximate surface area is 229 Å². The van der Waals surface area contributed by atoms with E-state index < -0.39 is 0 Å². The van der Waals surface area contributed by atoms with Gasteiger partial charge in [-0.2, -0.15) is 0 Å². The summed E-state index contributed by atoms with van der Waals surface area (Å²) in [4.78, 5) is 0. The van der Waals surface area contributed by atoms with E-state index in [0.29, 0.717) is 58.2 Å². The van der Waals surface area contributed by atoms with Gasteiger partial charge < -0.3 is 42.6 Å². The van der Waals surface area contributed by atoms with E-state index in [2.05, 4.69) is 0 Å². The van der Waals surface area contributed by atoms with Crippen molar-refractivity contribution in [2.75, 3.05) is 64.0 Å². The van der Waals surface area contributed by atoms with E-state index in [4.69, 9.17) is 42.6 Å². The molecule has 9 heteroatoms. The van der Waals surface area contributed by atoms with Gasteiger partial charge in [0, 0.05) is 0 Å². The lowest BCUT2D eigenvalue weighted by atomic mass is 9.94. The fourth-order valence-corrected chi connectivity index (χ4v) is 4.35. The molecular weight excluding hydrogens is 504 g/mol. The van der Waals surface area contributed by atoms with E-state index in [0.717, 1.165) is 22.3 Å². The molecule has 0 fully saturated rings. The highest BCUT2D eigenvalue weighted by atomic mass is 16.5. The summed E-state index contributed by atoms with van der Waals surface area (Å²) in [5, 5.41) is 0. The van der Waals surface area contributed by atoms with Crippen molar-refractivity contribution in [2.45, 2.75) is 6.42 Å². The minimum absolute atomic E-state index is 0.492. The van der Waals surface area contributed by atoms with Crippen LogP contribution in [-0.4, -0.2) is 64.0 Å². The van der Waals surface area contributed by atoms with Gasteiger partial charge in [0.25, 0.3) is 0 Å². The molecule has 3 aromatic rings. The fourth-order valence-electron chi connectivity index (χ4n) is 4.35. The van der Waals surface area contributed by atoms with Crippen LogP contribution < -0.4 is 42.6 Å². The second kappa shape index (κ2) is 13.4. The van der Waals surface area contributed by atoms with Gasteiger partial charge in [-0.25, -0.2) is 0 Å². The molecule has 0 N–H and O–H groups in total. The fraction of sp³-hybridized carbons (Fsp3) is 0.333. The summed E-state index contributed by atoms with van der Waals surface area (Å²) in [6.45, 7) is 0. The van der Waals surface area contributed by atoms with Crippen LogP contribution in [0.5, 0.6) is 51.7 Å². The molecule has 0 amide bonds. The molecule has 39 heavy (non-hydrogen) atoms. The van der Waals surface area contributed by atoms with Gasteiger partial charge in [-0.05, 0) is 65.1 Å². The summed E-state index contributed by atoms with van der Waals surface area (Å²) in [6.07, 6.45) is 2.53. The van der Waals surface area contributed by atoms with Crippen molar-refractivity contribution >= 4 is 11.6 Å². The third kappa shape index (κ3) is 6.19. The predicted molar refractivity (Wildman–Crippen MR) is 150 cm³/mol. The molecule has 210 valence electrons. The smallest absolute Gasteiger partial charge is 0.203 e. The molecule has 0 saturated carbocycles. The van der Waals surface area contributed by atoms with Crippen molar-refractivity contribution in [3.8, 4) is 51.7 Å². The Morgan fingerprint density at radius 3 is 1.13 bits per heavy atom. The molecule has 0 heterocycles. The van der Waals surface area contributed by atoms with E-state index in [9.17, 15) is 0 Å². The molecule has 0 aliphatic carbocycles. The number of rotatable bonds is 13. The number of hydrogen-bond donors (Lipinski definition) is 0. The van der Waals surface area contributed by atoms with Crippen LogP contribution in [0.3, 0.4) is 0 Å². The first kappa shape index (κ1) is 29.2. The summed E-state index contributed by atoms with van der Waals surface area (Å²) in [6, 6.07) is 11.4. The van der Waals surface area contributed by atoms with Crippen LogP contribution >= 0.6 is 0 Å². The molecule has 0 aliphatic heterocycles. The molecule has 0 aromatic heterocycles. The first-order valence-corrected chi connectivity index (χ1v) is 12.0. The molecule has 9 nitrogen and oxygen atoms in total. The Bertz CT molecular complexity index is 1240. The highest BCUT2D eigenvalue weighted by Crippen LogP contribution is 2.44. The van der Waals surface area contributed by atoms with Crippen molar-refractivity contribution in [2.24, 2.45) is 0 Å². The van der Waals surface area contributed by atoms with E-state index >= 15 is 0 Å². The third-order valence-corrected chi connectivity index (χ3v) is 6.18. The van der Waals surface area contributed by atoms with Crippen LogP contribution in [0.15, 0.2) is 36.4 Å². The van der Waals surface area contributed by atoms with Gasteiger partial charge in [0.15, 0.2) is 34.5 Å². The molecule has 0 unspecified atom stereocenters. The zero-order valence-electron chi connectivity index (χ0n) is 23.9. The van der Waals surface area contributed by atoms with Gasteiger partial charge >= 0.3 is 0 Å². The normalized spacial score (nSPS) is 10.9. The second-order valence-corrected chi connectivity index (χ2v) is 8.25. The summed E-state index contributed by atoms with van der Waals surface area (Å²) in [7, 11) is 14.2. The summed E-state index contributed by atoms with van der Waals surface area (Å²) >= 11 is 0. The first-order valence-electron chi connectivity index (χ1n) is 12.0. The maximum absolute atomic E-state index is 5.63. The highest BCUT2D eigenvalue weighted by molar-refractivity contribution is 5.85. The Morgan fingerprint density at radius 2 is 0.795 bits per heavy atom. The largest absolute Gasteiger partial charge is 0.493 e. The SMILES string of the molecule is COc1cc(/C=C(/Cc2cc(OC)c(OC)c(OC)c2)c2cc(OC)c(OC)c(OC)c2)cc(OC)c1OC. The van der Waals surface area contributed by atoms with Gasteiger partial charge in [0.2, 0.25) is 17.2 Å². The maximum atomic E-state index is 5.63. The topological polar surface area (TPSA) is 83.1 Å². The van der Waals surface area contributed by atoms with Crippen LogP contribution in [0.2, 0.25) is 0 Å². The van der Waals surface area contributed by atoms with E-state index in [-0.39, 0.29) is 0 Å². The second-order valence-electron chi connectivity index (χ2n) is 8.25. The molecule has 0 spiro atoms. The third-order valence-electron chi connectivity index (χ3n) is 6.18. The standard InChI is InChI=1S/C30H36O9/c1-31-22-12-18(13-23(32-2)28(22)37-7)10-20(21-16-26(35-5)30(39-9)27(17-21)36-6)11-19-14-24(33-3)29(38-8)25(15-19)34-4/h10,12-17H,11H2,1-9H3/b20-10-. The van der Waals surface area contributed by atoms with Crippen molar-refractivity contribution in [1.29, 1.82) is 0 Å². The summed E-state index contributed by atoms with van der Waals surface area (Å²) in [5.41, 5.74) is 3.54. The van der Waals surface area contributed by atoms with Crippen molar-refractivity contribution in [3.63, 3.8) is 0 Å². The molecular formula is C30H36O9. The first-order chi connectivity index (χ1) is 18.9. The number of allylic oxidation sites excluding steroid dienone is 1. The van der Waals surface area contributed by atoms with E-state index in [1.807, 2.05) is 42.5 Å². The van der Waals surface area contributed by atoms with Gasteiger partial charge in [0.05, 0.1) is 64.0 Å². The number of hydrogen-bond acceptors (Lipinski definition) is 9. The van der Waals surface area contributed by atoms with Crippen LogP contribution in [0.25, 0.3) is 11.6 Å². The van der Waals surface area contributed by atoms with Crippen LogP contribution in [-0.2, 0) is 6.42 Å². The average Bonchev–Trinajstić information content (AvgIpc) is 2.98. The molecule has 0 radical (unpaired) electrons. The van der Waals surface area contributed by atoms with E-state index in [1.54, 1.807) is 64.0 Å². The molecule has 0 bridgehead atoms. The van der Waals surface area contributed by atoms with Gasteiger partial charge in [-0.1, -0.05) is 6.08 Å². The maximum Gasteiger partial charge on any atom is 0.203 e. The minimum atomic E-state index is 0.492. The minimum Gasteiger partial charge on any atom is -0.493 e. The van der Waals surface area contributed by atoms with Gasteiger partial charge in [-0.3, -0.25) is 0 Å². The number of ether oxygens (including phenoxy) is 9. The lowest BCUT2D eigenvalue weighted by Crippen LogP contribution is -2.00. The molecule has 0 atom stereocenters. The van der Waals surface area contributed by atoms with Crippen LogP contribution in [0, 0.1) is 0 Å². The van der Waals surface area contributed by atoms with Crippen molar-refractivity contribution in [3.05, 3.63) is 53.1 Å². The number of benzene rings is 3. The molecule has 0 saturated heterocycles. The zero-order valence-corrected chi connectivity index (χ0v) is 23.9. The lowest BCUT2D eigenvalue weighted by molar-refractivity contribution is 0.324. The van der Waals surface area contributed by atoms with Crippen LogP contribution in [0.4, 0.5) is 0 Å². The highest BCUT2D eigenvalue weighted by Gasteiger charge is 2.19. The lowest BCUT2D eigenvalue weighted by Gasteiger charge is -2.18. The average molecular weight is 541 g/mol. The Hall–Kier alpha value is -4.40. The van der Waals surface area contributed by atoms with Crippen molar-refractivity contribution < 1.29 is 42.6 Å². The van der Waals surface area contributed by atoms with Gasteiger partial charge in [-0.15, -0.1) is 0 Å². The van der Waals surface area contributed by atoms with Gasteiger partial charge in [0.1, 0.15) is 0 Å². The molecule has 3 rings (SSSR count). The number of methoxy groups -OCH3 is 9. The van der Waals surface area contributed by atoms with Crippen LogP contribution in [0.1, 0.15) is 16.7 Å². The zero-order chi connectivity index (χ0) is 28.5. The Kier molecular flexibility index (Phi) is 10.0. The van der Waals surface area contributed by atoms with Crippen molar-refractivity contribution in [1.82, 2.24) is 0 Å². The Balaban J connectivity index is 2.28. The van der Waals surface area contributed by atoms with E-state index in [1.165, 1.54) is 0 Å². The Morgan fingerprint density at radius 1 is 0.462 bits per heavy atom. The quantitative estimate of drug-likeness (QED) is 0.259. The summed E-state index contributed by atoms with van der Waals surface area (Å²) < 4.78 is 50.1. The predicted octanol–water partition coefficient (Wildman–Crippen LogP) is 5.55.